The highest BCUT2D eigenvalue weighted by Crippen LogP contribution is 2.51. The molecule has 1 saturated carbocycles. The summed E-state index contributed by atoms with van der Waals surface area (Å²) in [7, 11) is 0. The van der Waals surface area contributed by atoms with Gasteiger partial charge in [-0.05, 0) is 18.9 Å². The zero-order chi connectivity index (χ0) is 13.5. The number of carboxylic acid groups (broad SMARTS) is 1. The van der Waals surface area contributed by atoms with Gasteiger partial charge in [-0.2, -0.15) is 0 Å². The number of rotatable bonds is 2. The van der Waals surface area contributed by atoms with Crippen molar-refractivity contribution in [3.05, 3.63) is 17.7 Å². The molecule has 0 atom stereocenters. The molecule has 1 heterocycles. The van der Waals surface area contributed by atoms with Gasteiger partial charge < -0.3 is 19.7 Å². The average molecular weight is 264 g/mol. The monoisotopic (exact) mass is 264 g/mol. The van der Waals surface area contributed by atoms with Gasteiger partial charge in [0.2, 0.25) is 5.75 Å². The van der Waals surface area contributed by atoms with Gasteiger partial charge in [-0.1, -0.05) is 12.5 Å². The summed E-state index contributed by atoms with van der Waals surface area (Å²) in [5.41, 5.74) is -0.523. The first kappa shape index (κ1) is 12.1. The van der Waals surface area contributed by atoms with Crippen LogP contribution in [0, 0.1) is 0 Å². The molecule has 0 bridgehead atoms. The second kappa shape index (κ2) is 4.33. The standard InChI is InChI=1S/C14H16O5/c15-11-9(14(13(16)17)5-1-6-14)3-4-10-12(11)19-8-2-7-18-10/h3-4,15H,1-2,5-8H2,(H,16,17). The molecule has 2 N–H and O–H groups in total. The molecule has 1 aliphatic carbocycles. The van der Waals surface area contributed by atoms with Gasteiger partial charge in [0.05, 0.1) is 18.6 Å². The van der Waals surface area contributed by atoms with Gasteiger partial charge in [0.1, 0.15) is 0 Å². The lowest BCUT2D eigenvalue weighted by Gasteiger charge is -2.38. The highest BCUT2D eigenvalue weighted by Gasteiger charge is 2.48. The lowest BCUT2D eigenvalue weighted by molar-refractivity contribution is -0.147. The van der Waals surface area contributed by atoms with E-state index in [4.69, 9.17) is 9.47 Å². The van der Waals surface area contributed by atoms with E-state index in [1.807, 2.05) is 0 Å². The first-order chi connectivity index (χ1) is 9.15. The Morgan fingerprint density at radius 2 is 1.89 bits per heavy atom. The van der Waals surface area contributed by atoms with Crippen molar-refractivity contribution in [2.45, 2.75) is 31.1 Å². The fourth-order valence-corrected chi connectivity index (χ4v) is 2.74. The maximum absolute atomic E-state index is 11.5. The molecule has 0 amide bonds. The normalized spacial score (nSPS) is 20.2. The van der Waals surface area contributed by atoms with Crippen LogP contribution in [0.1, 0.15) is 31.2 Å². The molecule has 5 nitrogen and oxygen atoms in total. The van der Waals surface area contributed by atoms with Crippen molar-refractivity contribution in [2.75, 3.05) is 13.2 Å². The SMILES string of the molecule is O=C(O)C1(c2ccc3c(c2O)OCCCO3)CCC1. The number of phenols is 1. The molecule has 1 aliphatic heterocycles. The molecular weight excluding hydrogens is 248 g/mol. The molecule has 19 heavy (non-hydrogen) atoms. The third-order valence-corrected chi connectivity index (χ3v) is 4.02. The molecule has 1 fully saturated rings. The van der Waals surface area contributed by atoms with E-state index >= 15 is 0 Å². The van der Waals surface area contributed by atoms with Gasteiger partial charge in [-0.25, -0.2) is 0 Å². The fraction of sp³-hybridized carbons (Fsp3) is 0.500. The minimum absolute atomic E-state index is 0.0819. The van der Waals surface area contributed by atoms with E-state index in [1.54, 1.807) is 12.1 Å². The summed E-state index contributed by atoms with van der Waals surface area (Å²) in [6.07, 6.45) is 2.71. The Morgan fingerprint density at radius 1 is 1.16 bits per heavy atom. The Hall–Kier alpha value is -1.91. The summed E-state index contributed by atoms with van der Waals surface area (Å²) in [6.45, 7) is 1.000. The van der Waals surface area contributed by atoms with Gasteiger partial charge in [-0.15, -0.1) is 0 Å². The van der Waals surface area contributed by atoms with Crippen LogP contribution in [0.5, 0.6) is 17.2 Å². The predicted molar refractivity (Wildman–Crippen MR) is 66.9 cm³/mol. The Bertz CT molecular complexity index is 519. The third-order valence-electron chi connectivity index (χ3n) is 4.02. The highest BCUT2D eigenvalue weighted by atomic mass is 16.5. The van der Waals surface area contributed by atoms with Crippen LogP contribution < -0.4 is 9.47 Å². The van der Waals surface area contributed by atoms with E-state index in [0.29, 0.717) is 37.4 Å². The minimum Gasteiger partial charge on any atom is -0.504 e. The summed E-state index contributed by atoms with van der Waals surface area (Å²) in [5, 5.41) is 19.8. The Balaban J connectivity index is 2.08. The van der Waals surface area contributed by atoms with Gasteiger partial charge in [0.25, 0.3) is 0 Å². The summed E-state index contributed by atoms with van der Waals surface area (Å²) in [4.78, 5) is 11.5. The molecule has 0 saturated heterocycles. The maximum atomic E-state index is 11.5. The molecule has 2 aliphatic rings. The van der Waals surface area contributed by atoms with Crippen molar-refractivity contribution >= 4 is 5.97 Å². The van der Waals surface area contributed by atoms with Crippen molar-refractivity contribution in [3.8, 4) is 17.2 Å². The number of aliphatic carboxylic acids is 1. The van der Waals surface area contributed by atoms with Crippen molar-refractivity contribution in [1.29, 1.82) is 0 Å². The number of aromatic hydroxyl groups is 1. The zero-order valence-electron chi connectivity index (χ0n) is 10.5. The van der Waals surface area contributed by atoms with E-state index in [1.165, 1.54) is 0 Å². The van der Waals surface area contributed by atoms with E-state index in [9.17, 15) is 15.0 Å². The van der Waals surface area contributed by atoms with Crippen LogP contribution in [0.3, 0.4) is 0 Å². The van der Waals surface area contributed by atoms with Crippen LogP contribution >= 0.6 is 0 Å². The topological polar surface area (TPSA) is 76.0 Å². The smallest absolute Gasteiger partial charge is 0.314 e. The molecule has 0 unspecified atom stereocenters. The quantitative estimate of drug-likeness (QED) is 0.855. The number of hydrogen-bond donors (Lipinski definition) is 2. The van der Waals surface area contributed by atoms with Crippen LogP contribution in [0.4, 0.5) is 0 Å². The summed E-state index contributed by atoms with van der Waals surface area (Å²) in [6, 6.07) is 3.34. The maximum Gasteiger partial charge on any atom is 0.314 e. The molecule has 0 spiro atoms. The van der Waals surface area contributed by atoms with Crippen molar-refractivity contribution in [2.24, 2.45) is 0 Å². The number of hydrogen-bond acceptors (Lipinski definition) is 4. The Kier molecular flexibility index (Phi) is 2.77. The summed E-state index contributed by atoms with van der Waals surface area (Å²) < 4.78 is 11.0. The first-order valence-electron chi connectivity index (χ1n) is 6.50. The third kappa shape index (κ3) is 1.72. The van der Waals surface area contributed by atoms with Gasteiger partial charge >= 0.3 is 5.97 Å². The first-order valence-corrected chi connectivity index (χ1v) is 6.50. The van der Waals surface area contributed by atoms with Crippen LogP contribution in [-0.4, -0.2) is 29.4 Å². The molecule has 1 aromatic carbocycles. The van der Waals surface area contributed by atoms with E-state index in [0.717, 1.165) is 12.8 Å². The molecular formula is C14H16O5. The zero-order valence-corrected chi connectivity index (χ0v) is 10.5. The van der Waals surface area contributed by atoms with E-state index in [2.05, 4.69) is 0 Å². The van der Waals surface area contributed by atoms with E-state index in [-0.39, 0.29) is 11.5 Å². The van der Waals surface area contributed by atoms with Gasteiger partial charge in [0, 0.05) is 12.0 Å². The van der Waals surface area contributed by atoms with Crippen LogP contribution in [0.25, 0.3) is 0 Å². The average Bonchev–Trinajstić information content (AvgIpc) is 2.55. The Morgan fingerprint density at radius 3 is 2.53 bits per heavy atom. The number of carbonyl (C=O) groups is 1. The van der Waals surface area contributed by atoms with Gasteiger partial charge in [0.15, 0.2) is 11.5 Å². The summed E-state index contributed by atoms with van der Waals surface area (Å²) >= 11 is 0. The number of phenolic OH excluding ortho intramolecular Hbond substituents is 1. The molecule has 0 radical (unpaired) electrons. The molecule has 3 rings (SSSR count). The van der Waals surface area contributed by atoms with Crippen LogP contribution in [-0.2, 0) is 10.2 Å². The number of fused-ring (bicyclic) bond motifs is 1. The molecule has 1 aromatic rings. The lowest BCUT2D eigenvalue weighted by Crippen LogP contribution is -2.42. The molecule has 0 aromatic heterocycles. The predicted octanol–water partition coefficient (Wildman–Crippen LogP) is 2.06. The van der Waals surface area contributed by atoms with Crippen LogP contribution in [0.2, 0.25) is 0 Å². The van der Waals surface area contributed by atoms with Crippen molar-refractivity contribution < 1.29 is 24.5 Å². The fourth-order valence-electron chi connectivity index (χ4n) is 2.74. The number of benzene rings is 1. The number of carboxylic acids is 1. The molecule has 102 valence electrons. The van der Waals surface area contributed by atoms with Crippen molar-refractivity contribution in [3.63, 3.8) is 0 Å². The second-order valence-corrected chi connectivity index (χ2v) is 5.08. The largest absolute Gasteiger partial charge is 0.504 e. The van der Waals surface area contributed by atoms with Crippen LogP contribution in [0.15, 0.2) is 12.1 Å². The lowest BCUT2D eigenvalue weighted by atomic mass is 9.64. The van der Waals surface area contributed by atoms with E-state index < -0.39 is 11.4 Å². The minimum atomic E-state index is -0.964. The summed E-state index contributed by atoms with van der Waals surface area (Å²) in [5.74, 6) is -0.203. The number of ether oxygens (including phenoxy) is 2. The highest BCUT2D eigenvalue weighted by molar-refractivity contribution is 5.84. The van der Waals surface area contributed by atoms with Crippen molar-refractivity contribution in [1.82, 2.24) is 0 Å². The Labute approximate surface area is 110 Å². The second-order valence-electron chi connectivity index (χ2n) is 5.08. The van der Waals surface area contributed by atoms with Gasteiger partial charge in [-0.3, -0.25) is 4.79 Å². The molecule has 5 heteroatoms.